The van der Waals surface area contributed by atoms with E-state index >= 15 is 0 Å². The number of hydrogen-bond donors (Lipinski definition) is 2. The Morgan fingerprint density at radius 1 is 1.18 bits per heavy atom. The fourth-order valence-corrected chi connectivity index (χ4v) is 3.39. The van der Waals surface area contributed by atoms with E-state index in [1.165, 1.54) is 19.3 Å². The molecule has 2 amide bonds. The molecule has 2 unspecified atom stereocenters. The van der Waals surface area contributed by atoms with E-state index in [0.717, 1.165) is 12.0 Å². The van der Waals surface area contributed by atoms with Crippen LogP contribution in [0.3, 0.4) is 0 Å². The molecule has 1 saturated carbocycles. The molecule has 0 bridgehead atoms. The molecule has 150 valence electrons. The number of rotatable bonds is 8. The van der Waals surface area contributed by atoms with Crippen molar-refractivity contribution in [1.82, 2.24) is 10.3 Å². The van der Waals surface area contributed by atoms with Crippen molar-refractivity contribution in [3.05, 3.63) is 54.4 Å². The Labute approximate surface area is 166 Å². The standard InChI is InChI=1S/C22H29N3O3/c1-17-5-2-3-8-21(17)27-14-13-24-22(26)25-19-6-4-7-20(15-19)28-16-18-9-11-23-12-10-18/h4,6-7,9-12,15,17,21H,2-3,5,8,13-14,16H2,1H3,(H2,24,25,26). The molecule has 2 atom stereocenters. The predicted octanol–water partition coefficient (Wildman–Crippen LogP) is 4.38. The van der Waals surface area contributed by atoms with Crippen LogP contribution < -0.4 is 15.4 Å². The summed E-state index contributed by atoms with van der Waals surface area (Å²) in [6.07, 6.45) is 8.69. The van der Waals surface area contributed by atoms with Crippen LogP contribution in [0, 0.1) is 5.92 Å². The van der Waals surface area contributed by atoms with E-state index in [4.69, 9.17) is 9.47 Å². The average molecular weight is 383 g/mol. The fourth-order valence-electron chi connectivity index (χ4n) is 3.39. The third kappa shape index (κ3) is 6.53. The molecule has 2 N–H and O–H groups in total. The maximum atomic E-state index is 12.1. The number of carbonyl (C=O) groups excluding carboxylic acids is 1. The minimum absolute atomic E-state index is 0.244. The van der Waals surface area contributed by atoms with Crippen LogP contribution in [-0.4, -0.2) is 30.3 Å². The SMILES string of the molecule is CC1CCCCC1OCCNC(=O)Nc1cccc(OCc2ccncc2)c1. The van der Waals surface area contributed by atoms with Crippen LogP contribution >= 0.6 is 0 Å². The Bertz CT molecular complexity index is 739. The first-order valence-corrected chi connectivity index (χ1v) is 9.99. The highest BCUT2D eigenvalue weighted by Crippen LogP contribution is 2.26. The highest BCUT2D eigenvalue weighted by molar-refractivity contribution is 5.89. The third-order valence-electron chi connectivity index (χ3n) is 5.00. The number of anilines is 1. The van der Waals surface area contributed by atoms with Crippen molar-refractivity contribution >= 4 is 11.7 Å². The summed E-state index contributed by atoms with van der Waals surface area (Å²) in [6, 6.07) is 10.9. The number of aromatic nitrogens is 1. The van der Waals surface area contributed by atoms with Crippen molar-refractivity contribution in [2.24, 2.45) is 5.92 Å². The summed E-state index contributed by atoms with van der Waals surface area (Å²) in [5.41, 5.74) is 1.73. The number of carbonyl (C=O) groups is 1. The van der Waals surface area contributed by atoms with Gasteiger partial charge >= 0.3 is 6.03 Å². The molecular formula is C22H29N3O3. The number of ether oxygens (including phenoxy) is 2. The van der Waals surface area contributed by atoms with E-state index in [9.17, 15) is 4.79 Å². The molecule has 0 saturated heterocycles. The van der Waals surface area contributed by atoms with Crippen LogP contribution in [0.5, 0.6) is 5.75 Å². The highest BCUT2D eigenvalue weighted by Gasteiger charge is 2.21. The maximum absolute atomic E-state index is 12.1. The smallest absolute Gasteiger partial charge is 0.319 e. The number of benzene rings is 1. The minimum Gasteiger partial charge on any atom is -0.489 e. The van der Waals surface area contributed by atoms with Gasteiger partial charge in [0.1, 0.15) is 12.4 Å². The van der Waals surface area contributed by atoms with Gasteiger partial charge in [0.15, 0.2) is 0 Å². The summed E-state index contributed by atoms with van der Waals surface area (Å²) < 4.78 is 11.7. The molecule has 1 heterocycles. The number of nitrogens with zero attached hydrogens (tertiary/aromatic N) is 1. The van der Waals surface area contributed by atoms with Gasteiger partial charge in [-0.25, -0.2) is 4.79 Å². The van der Waals surface area contributed by atoms with Crippen molar-refractivity contribution < 1.29 is 14.3 Å². The lowest BCUT2D eigenvalue weighted by atomic mass is 9.88. The topological polar surface area (TPSA) is 72.5 Å². The summed E-state index contributed by atoms with van der Waals surface area (Å²) in [4.78, 5) is 16.1. The van der Waals surface area contributed by atoms with Crippen LogP contribution in [0.4, 0.5) is 10.5 Å². The second-order valence-electron chi connectivity index (χ2n) is 7.22. The van der Waals surface area contributed by atoms with Crippen molar-refractivity contribution in [2.75, 3.05) is 18.5 Å². The number of urea groups is 1. The summed E-state index contributed by atoms with van der Waals surface area (Å²) >= 11 is 0. The number of hydrogen-bond acceptors (Lipinski definition) is 4. The normalized spacial score (nSPS) is 19.0. The zero-order chi connectivity index (χ0) is 19.6. The van der Waals surface area contributed by atoms with E-state index < -0.39 is 0 Å². The van der Waals surface area contributed by atoms with Gasteiger partial charge in [0.25, 0.3) is 0 Å². The van der Waals surface area contributed by atoms with Gasteiger partial charge in [-0.2, -0.15) is 0 Å². The van der Waals surface area contributed by atoms with Crippen molar-refractivity contribution in [3.63, 3.8) is 0 Å². The molecule has 28 heavy (non-hydrogen) atoms. The lowest BCUT2D eigenvalue weighted by Crippen LogP contribution is -2.34. The first-order chi connectivity index (χ1) is 13.7. The third-order valence-corrected chi connectivity index (χ3v) is 5.00. The molecule has 0 aliphatic heterocycles. The van der Waals surface area contributed by atoms with Crippen LogP contribution in [0.15, 0.2) is 48.8 Å². The predicted molar refractivity (Wildman–Crippen MR) is 109 cm³/mol. The monoisotopic (exact) mass is 383 g/mol. The van der Waals surface area contributed by atoms with Gasteiger partial charge in [-0.1, -0.05) is 25.8 Å². The largest absolute Gasteiger partial charge is 0.489 e. The minimum atomic E-state index is -0.244. The molecule has 2 aromatic rings. The fraction of sp³-hybridized carbons (Fsp3) is 0.455. The van der Waals surface area contributed by atoms with E-state index in [1.807, 2.05) is 30.3 Å². The molecule has 6 heteroatoms. The number of amides is 2. The molecule has 1 aromatic carbocycles. The molecular weight excluding hydrogens is 354 g/mol. The molecule has 0 spiro atoms. The molecule has 1 aromatic heterocycles. The summed E-state index contributed by atoms with van der Waals surface area (Å²) in [7, 11) is 0. The quantitative estimate of drug-likeness (QED) is 0.664. The van der Waals surface area contributed by atoms with Gasteiger partial charge < -0.3 is 20.1 Å². The van der Waals surface area contributed by atoms with E-state index in [2.05, 4.69) is 22.5 Å². The highest BCUT2D eigenvalue weighted by atomic mass is 16.5. The molecule has 3 rings (SSSR count). The van der Waals surface area contributed by atoms with E-state index in [0.29, 0.717) is 43.2 Å². The van der Waals surface area contributed by atoms with Crippen LogP contribution in [-0.2, 0) is 11.3 Å². The summed E-state index contributed by atoms with van der Waals surface area (Å²) in [5, 5.41) is 5.67. The maximum Gasteiger partial charge on any atom is 0.319 e. The van der Waals surface area contributed by atoms with Gasteiger partial charge in [0.2, 0.25) is 0 Å². The average Bonchev–Trinajstić information content (AvgIpc) is 2.72. The second kappa shape index (κ2) is 10.7. The molecule has 1 fully saturated rings. The first-order valence-electron chi connectivity index (χ1n) is 9.99. The Balaban J connectivity index is 1.37. The second-order valence-corrected chi connectivity index (χ2v) is 7.22. The Hall–Kier alpha value is -2.60. The van der Waals surface area contributed by atoms with E-state index in [1.54, 1.807) is 18.5 Å². The van der Waals surface area contributed by atoms with Crippen LogP contribution in [0.2, 0.25) is 0 Å². The van der Waals surface area contributed by atoms with Gasteiger partial charge in [-0.05, 0) is 48.6 Å². The van der Waals surface area contributed by atoms with Crippen molar-refractivity contribution in [3.8, 4) is 5.75 Å². The lowest BCUT2D eigenvalue weighted by molar-refractivity contribution is -0.00232. The van der Waals surface area contributed by atoms with Gasteiger partial charge in [0.05, 0.1) is 12.7 Å². The first kappa shape index (κ1) is 20.1. The summed E-state index contributed by atoms with van der Waals surface area (Å²) in [5.74, 6) is 1.31. The van der Waals surface area contributed by atoms with Crippen molar-refractivity contribution in [1.29, 1.82) is 0 Å². The van der Waals surface area contributed by atoms with Gasteiger partial charge in [-0.15, -0.1) is 0 Å². The summed E-state index contributed by atoms with van der Waals surface area (Å²) in [6.45, 7) is 3.73. The lowest BCUT2D eigenvalue weighted by Gasteiger charge is -2.28. The molecule has 0 radical (unpaired) electrons. The molecule has 6 nitrogen and oxygen atoms in total. The molecule has 1 aliphatic carbocycles. The van der Waals surface area contributed by atoms with Crippen LogP contribution in [0.1, 0.15) is 38.2 Å². The van der Waals surface area contributed by atoms with Crippen LogP contribution in [0.25, 0.3) is 0 Å². The number of nitrogens with one attached hydrogen (secondary N) is 2. The Kier molecular flexibility index (Phi) is 7.67. The Morgan fingerprint density at radius 2 is 2.00 bits per heavy atom. The van der Waals surface area contributed by atoms with Gasteiger partial charge in [-0.3, -0.25) is 4.98 Å². The van der Waals surface area contributed by atoms with Gasteiger partial charge in [0, 0.05) is 30.7 Å². The Morgan fingerprint density at radius 3 is 2.82 bits per heavy atom. The zero-order valence-corrected chi connectivity index (χ0v) is 16.4. The van der Waals surface area contributed by atoms with E-state index in [-0.39, 0.29) is 6.03 Å². The zero-order valence-electron chi connectivity index (χ0n) is 16.4. The molecule has 1 aliphatic rings. The number of pyridine rings is 1. The van der Waals surface area contributed by atoms with Crippen molar-refractivity contribution in [2.45, 2.75) is 45.3 Å².